The molecule has 0 aliphatic heterocycles. The van der Waals surface area contributed by atoms with Crippen molar-refractivity contribution in [1.29, 1.82) is 0 Å². The number of aryl methyl sites for hydroxylation is 1. The first-order valence-corrected chi connectivity index (χ1v) is 11.0. The molecule has 4 nitrogen and oxygen atoms in total. The Kier molecular flexibility index (Phi) is 6.30. The summed E-state index contributed by atoms with van der Waals surface area (Å²) < 4.78 is 0. The molecule has 29 heavy (non-hydrogen) atoms. The van der Waals surface area contributed by atoms with Crippen LogP contribution in [0.2, 0.25) is 0 Å². The number of benzene rings is 2. The molecular formula is C25H35N3O. The summed E-state index contributed by atoms with van der Waals surface area (Å²) in [6.07, 6.45) is 5.22. The molecule has 1 aromatic heterocycles. The molecule has 0 aliphatic carbocycles. The summed E-state index contributed by atoms with van der Waals surface area (Å²) in [5, 5.41) is 22.9. The Morgan fingerprint density at radius 3 is 2.52 bits per heavy atom. The Morgan fingerprint density at radius 1 is 1.10 bits per heavy atom. The fourth-order valence-corrected chi connectivity index (χ4v) is 3.87. The highest BCUT2D eigenvalue weighted by atomic mass is 16.3. The van der Waals surface area contributed by atoms with Gasteiger partial charge in [0.05, 0.1) is 0 Å². The molecule has 0 saturated carbocycles. The summed E-state index contributed by atoms with van der Waals surface area (Å²) in [7, 11) is 0. The van der Waals surface area contributed by atoms with Gasteiger partial charge in [-0.25, -0.2) is 0 Å². The van der Waals surface area contributed by atoms with Crippen LogP contribution in [0.15, 0.2) is 24.3 Å². The Labute approximate surface area is 174 Å². The third-order valence-corrected chi connectivity index (χ3v) is 6.59. The second-order valence-electron chi connectivity index (χ2n) is 8.90. The topological polar surface area (TPSA) is 61.8 Å². The van der Waals surface area contributed by atoms with Gasteiger partial charge in [-0.1, -0.05) is 60.1 Å². The van der Waals surface area contributed by atoms with Gasteiger partial charge in [0.15, 0.2) is 0 Å². The predicted molar refractivity (Wildman–Crippen MR) is 122 cm³/mol. The Balaban J connectivity index is 2.35. The van der Waals surface area contributed by atoms with Gasteiger partial charge in [0.1, 0.15) is 16.8 Å². The third-order valence-electron chi connectivity index (χ3n) is 6.59. The van der Waals surface area contributed by atoms with E-state index in [9.17, 15) is 5.11 Å². The maximum absolute atomic E-state index is 11.4. The second-order valence-corrected chi connectivity index (χ2v) is 8.90. The number of aromatic hydroxyl groups is 1. The molecular weight excluding hydrogens is 358 g/mol. The highest BCUT2D eigenvalue weighted by molar-refractivity contribution is 5.95. The number of rotatable bonds is 8. The zero-order valence-electron chi connectivity index (χ0n) is 18.8. The van der Waals surface area contributed by atoms with E-state index in [-0.39, 0.29) is 11.3 Å². The lowest BCUT2D eigenvalue weighted by Crippen LogP contribution is -2.16. The van der Waals surface area contributed by atoms with Crippen LogP contribution in [-0.4, -0.2) is 20.5 Å². The van der Waals surface area contributed by atoms with Gasteiger partial charge < -0.3 is 5.11 Å². The molecule has 3 aromatic rings. The van der Waals surface area contributed by atoms with Crippen molar-refractivity contribution in [3.8, 4) is 16.9 Å². The third kappa shape index (κ3) is 4.03. The lowest BCUT2D eigenvalue weighted by molar-refractivity contribution is 0.459. The SMILES string of the molecule is CCCCc1ccc2n[nH]nc2c1-c1cc(C(C)(C)CC)cc(C(C)CC)c1O. The number of phenols is 1. The van der Waals surface area contributed by atoms with Crippen LogP contribution >= 0.6 is 0 Å². The smallest absolute Gasteiger partial charge is 0.126 e. The zero-order chi connectivity index (χ0) is 21.2. The highest BCUT2D eigenvalue weighted by Gasteiger charge is 2.25. The van der Waals surface area contributed by atoms with Crippen molar-refractivity contribution in [3.05, 3.63) is 41.0 Å². The van der Waals surface area contributed by atoms with Crippen molar-refractivity contribution in [3.63, 3.8) is 0 Å². The summed E-state index contributed by atoms with van der Waals surface area (Å²) in [6.45, 7) is 13.3. The quantitative estimate of drug-likeness (QED) is 0.439. The molecule has 0 aliphatic rings. The first kappa shape index (κ1) is 21.4. The van der Waals surface area contributed by atoms with Crippen molar-refractivity contribution in [2.24, 2.45) is 0 Å². The average molecular weight is 394 g/mol. The van der Waals surface area contributed by atoms with Crippen LogP contribution in [0.4, 0.5) is 0 Å². The number of unbranched alkanes of at least 4 members (excludes halogenated alkanes) is 1. The number of fused-ring (bicyclic) bond motifs is 1. The van der Waals surface area contributed by atoms with E-state index in [0.717, 1.165) is 59.8 Å². The number of nitrogens with one attached hydrogen (secondary N) is 1. The molecule has 1 heterocycles. The normalized spacial score (nSPS) is 13.2. The highest BCUT2D eigenvalue weighted by Crippen LogP contribution is 2.44. The van der Waals surface area contributed by atoms with E-state index >= 15 is 0 Å². The van der Waals surface area contributed by atoms with E-state index in [1.54, 1.807) is 0 Å². The summed E-state index contributed by atoms with van der Waals surface area (Å²) >= 11 is 0. The lowest BCUT2D eigenvalue weighted by Gasteiger charge is -2.27. The number of nitrogens with zero attached hydrogens (tertiary/aromatic N) is 2. The standard InChI is InChI=1S/C25H35N3O/c1-7-10-11-17-12-13-21-23(27-28-26-21)22(17)20-15-18(25(5,6)9-3)14-19(24(20)29)16(4)8-2/h12-16,29H,7-11H2,1-6H3,(H,26,27,28). The molecule has 0 radical (unpaired) electrons. The molecule has 3 rings (SSSR count). The second kappa shape index (κ2) is 8.56. The predicted octanol–water partition coefficient (Wildman–Crippen LogP) is 6.87. The monoisotopic (exact) mass is 393 g/mol. The minimum atomic E-state index is 0.0337. The maximum atomic E-state index is 11.4. The van der Waals surface area contributed by atoms with Gasteiger partial charge in [0.2, 0.25) is 0 Å². The first-order chi connectivity index (χ1) is 13.8. The molecule has 2 N–H and O–H groups in total. The Hall–Kier alpha value is -2.36. The molecule has 1 atom stereocenters. The van der Waals surface area contributed by atoms with Crippen molar-refractivity contribution in [2.75, 3.05) is 0 Å². The molecule has 0 saturated heterocycles. The Bertz CT molecular complexity index is 987. The molecule has 0 fully saturated rings. The first-order valence-electron chi connectivity index (χ1n) is 11.0. The number of aromatic amines is 1. The number of H-pyrrole nitrogens is 1. The number of phenolic OH excluding ortho intramolecular Hbond substituents is 1. The average Bonchev–Trinajstić information content (AvgIpc) is 3.20. The van der Waals surface area contributed by atoms with Crippen LogP contribution in [0.5, 0.6) is 5.75 Å². The molecule has 1 unspecified atom stereocenters. The van der Waals surface area contributed by atoms with Gasteiger partial charge in [0.25, 0.3) is 0 Å². The van der Waals surface area contributed by atoms with Crippen LogP contribution in [0.1, 0.15) is 89.8 Å². The number of hydrogen-bond acceptors (Lipinski definition) is 3. The van der Waals surface area contributed by atoms with E-state index in [0.29, 0.717) is 5.75 Å². The lowest BCUT2D eigenvalue weighted by atomic mass is 9.78. The van der Waals surface area contributed by atoms with E-state index in [1.165, 1.54) is 11.1 Å². The van der Waals surface area contributed by atoms with Crippen LogP contribution < -0.4 is 0 Å². The van der Waals surface area contributed by atoms with Gasteiger partial charge in [-0.05, 0) is 65.8 Å². The summed E-state index contributed by atoms with van der Waals surface area (Å²) in [5.41, 5.74) is 7.16. The van der Waals surface area contributed by atoms with Gasteiger partial charge in [0, 0.05) is 11.1 Å². The van der Waals surface area contributed by atoms with Crippen molar-refractivity contribution in [2.45, 2.75) is 85.0 Å². The molecule has 0 amide bonds. The van der Waals surface area contributed by atoms with E-state index < -0.39 is 0 Å². The summed E-state index contributed by atoms with van der Waals surface area (Å²) in [6, 6.07) is 8.57. The fourth-order valence-electron chi connectivity index (χ4n) is 3.87. The van der Waals surface area contributed by atoms with Gasteiger partial charge in [-0.2, -0.15) is 15.4 Å². The minimum Gasteiger partial charge on any atom is -0.507 e. The molecule has 0 bridgehead atoms. The van der Waals surface area contributed by atoms with Gasteiger partial charge in [-0.15, -0.1) is 0 Å². The Morgan fingerprint density at radius 2 is 1.86 bits per heavy atom. The van der Waals surface area contributed by atoms with Crippen LogP contribution in [0, 0.1) is 0 Å². The van der Waals surface area contributed by atoms with Crippen molar-refractivity contribution < 1.29 is 5.11 Å². The number of aromatic nitrogens is 3. The van der Waals surface area contributed by atoms with Crippen molar-refractivity contribution >= 4 is 11.0 Å². The van der Waals surface area contributed by atoms with Crippen LogP contribution in [-0.2, 0) is 11.8 Å². The van der Waals surface area contributed by atoms with Crippen LogP contribution in [0.3, 0.4) is 0 Å². The zero-order valence-corrected chi connectivity index (χ0v) is 18.8. The fraction of sp³-hybridized carbons (Fsp3) is 0.520. The van der Waals surface area contributed by atoms with Crippen molar-refractivity contribution in [1.82, 2.24) is 15.4 Å². The summed E-state index contributed by atoms with van der Waals surface area (Å²) in [4.78, 5) is 0. The van der Waals surface area contributed by atoms with Crippen LogP contribution in [0.25, 0.3) is 22.2 Å². The summed E-state index contributed by atoms with van der Waals surface area (Å²) in [5.74, 6) is 0.681. The minimum absolute atomic E-state index is 0.0337. The largest absolute Gasteiger partial charge is 0.507 e. The maximum Gasteiger partial charge on any atom is 0.126 e. The molecule has 2 aromatic carbocycles. The molecule has 0 spiro atoms. The van der Waals surface area contributed by atoms with E-state index in [4.69, 9.17) is 0 Å². The van der Waals surface area contributed by atoms with Gasteiger partial charge >= 0.3 is 0 Å². The molecule has 4 heteroatoms. The molecule has 156 valence electrons. The number of hydrogen-bond donors (Lipinski definition) is 2. The van der Waals surface area contributed by atoms with Gasteiger partial charge in [-0.3, -0.25) is 0 Å². The van der Waals surface area contributed by atoms with E-state index in [2.05, 4.69) is 75.2 Å². The van der Waals surface area contributed by atoms with E-state index in [1.807, 2.05) is 6.07 Å².